The first-order valence-corrected chi connectivity index (χ1v) is 8.23. The van der Waals surface area contributed by atoms with Crippen LogP contribution in [0.4, 0.5) is 11.6 Å². The summed E-state index contributed by atoms with van der Waals surface area (Å²) in [6.45, 7) is 5.24. The Morgan fingerprint density at radius 3 is 2.59 bits per heavy atom. The molecule has 0 saturated heterocycles. The number of anilines is 2. The van der Waals surface area contributed by atoms with E-state index in [4.69, 9.17) is 4.74 Å². The number of carbonyl (C=O) groups excluding carboxylic acids is 1. The third kappa shape index (κ3) is 5.49. The van der Waals surface area contributed by atoms with Gasteiger partial charge in [-0.15, -0.1) is 5.10 Å². The van der Waals surface area contributed by atoms with E-state index in [0.29, 0.717) is 18.1 Å². The van der Waals surface area contributed by atoms with Gasteiger partial charge in [-0.25, -0.2) is 4.98 Å². The Hall–Kier alpha value is -2.49. The molecule has 0 fully saturated rings. The molecule has 0 spiro atoms. The number of carbonyl (C=O) groups is 1. The van der Waals surface area contributed by atoms with Crippen molar-refractivity contribution in [2.75, 3.05) is 23.8 Å². The number of aromatic amines is 1. The number of rotatable bonds is 7. The van der Waals surface area contributed by atoms with E-state index in [1.54, 1.807) is 12.1 Å². The molecule has 27 heavy (non-hydrogen) atoms. The fourth-order valence-corrected chi connectivity index (χ4v) is 2.36. The summed E-state index contributed by atoms with van der Waals surface area (Å²) >= 11 is 0. The molecular weight excluding hydrogens is 357 g/mol. The number of tetrazole rings is 1. The van der Waals surface area contributed by atoms with Crippen LogP contribution in [-0.2, 0) is 0 Å². The van der Waals surface area contributed by atoms with Crippen molar-refractivity contribution in [1.29, 1.82) is 0 Å². The van der Waals surface area contributed by atoms with Gasteiger partial charge in [-0.05, 0) is 31.2 Å². The van der Waals surface area contributed by atoms with Crippen LogP contribution in [-0.4, -0.2) is 74.2 Å². The van der Waals surface area contributed by atoms with Crippen molar-refractivity contribution in [3.8, 4) is 17.0 Å². The smallest absolute Gasteiger partial charge is 0.276 e. The zero-order valence-corrected chi connectivity index (χ0v) is 17.5. The quantitative estimate of drug-likeness (QED) is 0.540. The zero-order chi connectivity index (χ0) is 18.4. The third-order valence-electron chi connectivity index (χ3n) is 3.47. The number of nitrogens with one attached hydrogen (secondary N) is 3. The monoisotopic (exact) mass is 376 g/mol. The first-order chi connectivity index (χ1) is 12.7. The van der Waals surface area contributed by atoms with Crippen LogP contribution in [0.3, 0.4) is 0 Å². The van der Waals surface area contributed by atoms with Gasteiger partial charge >= 0.3 is 0 Å². The molecule has 135 valence electrons. The molecule has 3 rings (SSSR count). The molecule has 1 radical (unpaired) electrons. The molecular formula is C17H19N7NaO2. The van der Waals surface area contributed by atoms with Gasteiger partial charge in [-0.2, -0.15) is 5.21 Å². The van der Waals surface area contributed by atoms with Gasteiger partial charge in [0.2, 0.25) is 0 Å². The first-order valence-electron chi connectivity index (χ1n) is 8.23. The Kier molecular flexibility index (Phi) is 7.71. The maximum absolute atomic E-state index is 12.4. The van der Waals surface area contributed by atoms with Gasteiger partial charge in [0.05, 0.1) is 12.3 Å². The van der Waals surface area contributed by atoms with Crippen LogP contribution in [0.25, 0.3) is 11.3 Å². The number of amides is 1. The van der Waals surface area contributed by atoms with Crippen molar-refractivity contribution in [1.82, 2.24) is 25.6 Å². The molecule has 10 heteroatoms. The third-order valence-corrected chi connectivity index (χ3v) is 3.47. The summed E-state index contributed by atoms with van der Waals surface area (Å²) < 4.78 is 5.57. The molecule has 1 aromatic carbocycles. The Balaban J connectivity index is 0.00000261. The average molecular weight is 376 g/mol. The van der Waals surface area contributed by atoms with E-state index < -0.39 is 5.91 Å². The van der Waals surface area contributed by atoms with Crippen LogP contribution in [0.2, 0.25) is 0 Å². The summed E-state index contributed by atoms with van der Waals surface area (Å²) in [5.74, 6) is 0.195. The number of nitrogens with zero attached hydrogens (tertiary/aromatic N) is 4. The molecule has 0 aliphatic heterocycles. The SMILES string of the molecule is CCNc1ccc(-c2cc(OCC)cc(C(=O)Nc3nn[nH]n3)n2)cc1.[Na]. The molecule has 2 heterocycles. The van der Waals surface area contributed by atoms with Crippen LogP contribution in [0.1, 0.15) is 24.3 Å². The fourth-order valence-electron chi connectivity index (χ4n) is 2.36. The first kappa shape index (κ1) is 20.8. The molecule has 2 aromatic heterocycles. The second-order valence-electron chi connectivity index (χ2n) is 5.30. The van der Waals surface area contributed by atoms with Crippen LogP contribution in [0.5, 0.6) is 5.75 Å². The standard InChI is InChI=1S/C17H19N7O2.Na/c1-3-18-12-7-5-11(6-8-12)14-9-13(26-4-2)10-15(19-14)16(25)20-17-21-23-24-22-17;/h5-10,18H,3-4H2,1-2H3,(H2,20,21,22,23,24,25);. The zero-order valence-electron chi connectivity index (χ0n) is 15.5. The summed E-state index contributed by atoms with van der Waals surface area (Å²) in [7, 11) is 0. The van der Waals surface area contributed by atoms with E-state index in [1.807, 2.05) is 38.1 Å². The number of benzene rings is 1. The van der Waals surface area contributed by atoms with Gasteiger partial charge in [0.1, 0.15) is 11.4 Å². The number of aromatic nitrogens is 5. The van der Waals surface area contributed by atoms with Gasteiger partial charge in [-0.3, -0.25) is 10.1 Å². The van der Waals surface area contributed by atoms with Gasteiger partial charge in [0.25, 0.3) is 11.9 Å². The molecule has 0 aliphatic carbocycles. The summed E-state index contributed by atoms with van der Waals surface area (Å²) in [5, 5.41) is 18.9. The second-order valence-corrected chi connectivity index (χ2v) is 5.30. The summed E-state index contributed by atoms with van der Waals surface area (Å²) in [6.07, 6.45) is 0. The fraction of sp³-hybridized carbons (Fsp3) is 0.235. The molecule has 0 bridgehead atoms. The van der Waals surface area contributed by atoms with Gasteiger partial charge in [0, 0.05) is 59.5 Å². The molecule has 1 amide bonds. The summed E-state index contributed by atoms with van der Waals surface area (Å²) in [4.78, 5) is 16.9. The van der Waals surface area contributed by atoms with Crippen molar-refractivity contribution in [2.24, 2.45) is 0 Å². The Labute approximate surface area is 178 Å². The topological polar surface area (TPSA) is 118 Å². The minimum Gasteiger partial charge on any atom is -0.494 e. The molecule has 0 unspecified atom stereocenters. The van der Waals surface area contributed by atoms with Crippen molar-refractivity contribution in [3.63, 3.8) is 0 Å². The van der Waals surface area contributed by atoms with Crippen molar-refractivity contribution in [2.45, 2.75) is 13.8 Å². The largest absolute Gasteiger partial charge is 0.494 e. The van der Waals surface area contributed by atoms with E-state index in [-0.39, 0.29) is 41.2 Å². The minimum atomic E-state index is -0.446. The molecule has 3 N–H and O–H groups in total. The van der Waals surface area contributed by atoms with Crippen LogP contribution < -0.4 is 15.4 Å². The number of hydrogen-bond donors (Lipinski definition) is 3. The Bertz CT molecular complexity index is 869. The molecule has 9 nitrogen and oxygen atoms in total. The maximum atomic E-state index is 12.4. The van der Waals surface area contributed by atoms with E-state index in [2.05, 4.69) is 36.2 Å². The Morgan fingerprint density at radius 1 is 1.19 bits per heavy atom. The molecule has 0 atom stereocenters. The number of pyridine rings is 1. The molecule has 0 aliphatic rings. The maximum Gasteiger partial charge on any atom is 0.276 e. The average Bonchev–Trinajstić information content (AvgIpc) is 3.16. The number of hydrogen-bond acceptors (Lipinski definition) is 7. The summed E-state index contributed by atoms with van der Waals surface area (Å²) in [5.41, 5.74) is 2.73. The Morgan fingerprint density at radius 2 is 1.96 bits per heavy atom. The number of H-pyrrole nitrogens is 1. The predicted octanol–water partition coefficient (Wildman–Crippen LogP) is 1.96. The van der Waals surface area contributed by atoms with Gasteiger partial charge < -0.3 is 10.1 Å². The minimum absolute atomic E-state index is 0. The van der Waals surface area contributed by atoms with Gasteiger partial charge in [0.15, 0.2) is 0 Å². The number of ether oxygens (including phenoxy) is 1. The van der Waals surface area contributed by atoms with Crippen molar-refractivity contribution in [3.05, 3.63) is 42.1 Å². The van der Waals surface area contributed by atoms with Crippen molar-refractivity contribution >= 4 is 47.1 Å². The van der Waals surface area contributed by atoms with E-state index in [1.165, 1.54) is 0 Å². The normalized spacial score (nSPS) is 10.0. The van der Waals surface area contributed by atoms with E-state index in [9.17, 15) is 4.79 Å². The van der Waals surface area contributed by atoms with E-state index in [0.717, 1.165) is 17.8 Å². The second kappa shape index (κ2) is 10.0. The van der Waals surface area contributed by atoms with Crippen LogP contribution in [0.15, 0.2) is 36.4 Å². The molecule has 0 saturated carbocycles. The van der Waals surface area contributed by atoms with Gasteiger partial charge in [-0.1, -0.05) is 17.2 Å². The molecule has 3 aromatic rings. The van der Waals surface area contributed by atoms with Crippen LogP contribution in [0, 0.1) is 0 Å². The van der Waals surface area contributed by atoms with Crippen LogP contribution >= 0.6 is 0 Å². The van der Waals surface area contributed by atoms with E-state index >= 15 is 0 Å². The summed E-state index contributed by atoms with van der Waals surface area (Å²) in [6, 6.07) is 11.2. The van der Waals surface area contributed by atoms with Crippen molar-refractivity contribution < 1.29 is 9.53 Å². The predicted molar refractivity (Wildman–Crippen MR) is 103 cm³/mol.